The summed E-state index contributed by atoms with van der Waals surface area (Å²) in [7, 11) is 0. The molecule has 0 radical (unpaired) electrons. The first kappa shape index (κ1) is 33.6. The van der Waals surface area contributed by atoms with Gasteiger partial charge in [0.05, 0.1) is 16.7 Å². The molecule has 9 aromatic carbocycles. The highest BCUT2D eigenvalue weighted by atomic mass is 16.3. The molecule has 0 aliphatic rings. The highest BCUT2D eigenvalue weighted by molar-refractivity contribution is 6.16. The zero-order valence-electron chi connectivity index (χ0n) is 32.6. The van der Waals surface area contributed by atoms with E-state index in [1.165, 1.54) is 21.5 Å². The molecule has 0 aliphatic carbocycles. The Morgan fingerprint density at radius 3 is 1.79 bits per heavy atom. The zero-order valence-corrected chi connectivity index (χ0v) is 32.6. The van der Waals surface area contributed by atoms with Gasteiger partial charge < -0.3 is 13.4 Å². The second kappa shape index (κ2) is 13.1. The lowest BCUT2D eigenvalue weighted by atomic mass is 9.98. The smallest absolute Gasteiger partial charge is 0.164 e. The lowest BCUT2D eigenvalue weighted by molar-refractivity contribution is 0.668. The molecule has 13 rings (SSSR count). The molecule has 61 heavy (non-hydrogen) atoms. The Balaban J connectivity index is 1.07. The summed E-state index contributed by atoms with van der Waals surface area (Å²) in [5.41, 5.74) is 11.3. The summed E-state index contributed by atoms with van der Waals surface area (Å²) in [5, 5.41) is 8.87. The quantitative estimate of drug-likeness (QED) is 0.174. The van der Waals surface area contributed by atoms with Crippen LogP contribution in [-0.4, -0.2) is 19.5 Å². The standard InChI is InChI=1S/C55H32N4O2/c1-3-14-33(15-4-1)42-31-44-51(32-47(42)59-45-23-11-9-20-38(45)43-28-35-18-7-8-19-36(35)29-46(43)59)61-49-25-13-22-41(52(44)49)55-57-53(34-16-5-2-6-17-34)56-54(58-55)37-26-27-40-39-21-10-12-24-48(39)60-50(40)30-37/h1-32H. The first-order chi connectivity index (χ1) is 30.2. The van der Waals surface area contributed by atoms with Gasteiger partial charge in [0.25, 0.3) is 0 Å². The molecule has 0 aliphatic heterocycles. The number of furan rings is 2. The Hall–Kier alpha value is -8.35. The summed E-state index contributed by atoms with van der Waals surface area (Å²) in [6.07, 6.45) is 0. The maximum absolute atomic E-state index is 6.85. The van der Waals surface area contributed by atoms with Gasteiger partial charge in [0.2, 0.25) is 0 Å². The second-order valence-corrected chi connectivity index (χ2v) is 15.6. The minimum Gasteiger partial charge on any atom is -0.456 e. The van der Waals surface area contributed by atoms with Crippen molar-refractivity contribution < 1.29 is 8.83 Å². The molecular formula is C55H32N4O2. The summed E-state index contributed by atoms with van der Waals surface area (Å²) < 4.78 is 15.6. The van der Waals surface area contributed by atoms with Gasteiger partial charge in [-0.1, -0.05) is 140 Å². The minimum absolute atomic E-state index is 0.557. The van der Waals surface area contributed by atoms with E-state index in [4.69, 9.17) is 23.8 Å². The van der Waals surface area contributed by atoms with Gasteiger partial charge in [-0.2, -0.15) is 0 Å². The van der Waals surface area contributed by atoms with Crippen LogP contribution in [0.25, 0.3) is 127 Å². The monoisotopic (exact) mass is 780 g/mol. The van der Waals surface area contributed by atoms with Crippen molar-refractivity contribution in [2.24, 2.45) is 0 Å². The van der Waals surface area contributed by atoms with Crippen LogP contribution >= 0.6 is 0 Å². The normalized spacial score (nSPS) is 11.9. The topological polar surface area (TPSA) is 69.9 Å². The van der Waals surface area contributed by atoms with E-state index in [0.29, 0.717) is 17.5 Å². The lowest BCUT2D eigenvalue weighted by Crippen LogP contribution is -2.00. The van der Waals surface area contributed by atoms with E-state index >= 15 is 0 Å². The minimum atomic E-state index is 0.557. The molecule has 0 atom stereocenters. The van der Waals surface area contributed by atoms with Crippen LogP contribution in [0.5, 0.6) is 0 Å². The van der Waals surface area contributed by atoms with Crippen LogP contribution in [-0.2, 0) is 0 Å². The first-order valence-corrected chi connectivity index (χ1v) is 20.4. The largest absolute Gasteiger partial charge is 0.456 e. The van der Waals surface area contributed by atoms with Crippen LogP contribution in [0.1, 0.15) is 0 Å². The molecule has 6 heteroatoms. The molecule has 284 valence electrons. The predicted molar refractivity (Wildman–Crippen MR) is 248 cm³/mol. The molecule has 4 heterocycles. The number of aromatic nitrogens is 4. The third-order valence-electron chi connectivity index (χ3n) is 12.0. The van der Waals surface area contributed by atoms with Crippen molar-refractivity contribution in [1.82, 2.24) is 19.5 Å². The number of rotatable bonds is 5. The summed E-state index contributed by atoms with van der Waals surface area (Å²) in [5.74, 6) is 1.70. The van der Waals surface area contributed by atoms with Gasteiger partial charge in [0, 0.05) is 60.6 Å². The van der Waals surface area contributed by atoms with E-state index in [-0.39, 0.29) is 0 Å². The number of hydrogen-bond donors (Lipinski definition) is 0. The van der Waals surface area contributed by atoms with Crippen molar-refractivity contribution >= 4 is 76.5 Å². The van der Waals surface area contributed by atoms with E-state index in [1.807, 2.05) is 66.7 Å². The fraction of sp³-hybridized carbons (Fsp3) is 0. The van der Waals surface area contributed by atoms with Crippen molar-refractivity contribution in [2.45, 2.75) is 0 Å². The van der Waals surface area contributed by atoms with Crippen LogP contribution in [0.3, 0.4) is 0 Å². The molecule has 6 nitrogen and oxygen atoms in total. The summed E-state index contributed by atoms with van der Waals surface area (Å²) in [6.45, 7) is 0. The first-order valence-electron chi connectivity index (χ1n) is 20.4. The fourth-order valence-corrected chi connectivity index (χ4v) is 9.20. The number of fused-ring (bicyclic) bond motifs is 10. The van der Waals surface area contributed by atoms with E-state index in [2.05, 4.69) is 132 Å². The van der Waals surface area contributed by atoms with Crippen LogP contribution in [0, 0.1) is 0 Å². The van der Waals surface area contributed by atoms with Gasteiger partial charge in [0.15, 0.2) is 17.5 Å². The average molecular weight is 781 g/mol. The van der Waals surface area contributed by atoms with Gasteiger partial charge in [-0.25, -0.2) is 15.0 Å². The third kappa shape index (κ3) is 5.26. The molecule has 0 spiro atoms. The molecule has 13 aromatic rings. The van der Waals surface area contributed by atoms with Gasteiger partial charge in [-0.3, -0.25) is 0 Å². The molecular weight excluding hydrogens is 749 g/mol. The van der Waals surface area contributed by atoms with Crippen molar-refractivity contribution in [3.05, 3.63) is 194 Å². The van der Waals surface area contributed by atoms with Crippen molar-refractivity contribution in [3.63, 3.8) is 0 Å². The Labute approximate surface area is 348 Å². The van der Waals surface area contributed by atoms with E-state index in [0.717, 1.165) is 88.4 Å². The van der Waals surface area contributed by atoms with E-state index < -0.39 is 0 Å². The van der Waals surface area contributed by atoms with E-state index in [9.17, 15) is 0 Å². The third-order valence-corrected chi connectivity index (χ3v) is 12.0. The average Bonchev–Trinajstić information content (AvgIpc) is 3.99. The lowest BCUT2D eigenvalue weighted by Gasteiger charge is -2.15. The van der Waals surface area contributed by atoms with Crippen LogP contribution in [0.15, 0.2) is 203 Å². The Kier molecular flexibility index (Phi) is 7.21. The molecule has 4 aromatic heterocycles. The second-order valence-electron chi connectivity index (χ2n) is 15.6. The maximum atomic E-state index is 6.85. The fourth-order valence-electron chi connectivity index (χ4n) is 9.20. The highest BCUT2D eigenvalue weighted by Crippen LogP contribution is 2.44. The van der Waals surface area contributed by atoms with Crippen LogP contribution in [0.2, 0.25) is 0 Å². The zero-order chi connectivity index (χ0) is 40.0. The number of benzene rings is 9. The van der Waals surface area contributed by atoms with Crippen molar-refractivity contribution in [3.8, 4) is 51.0 Å². The number of nitrogens with zero attached hydrogens (tertiary/aromatic N) is 4. The molecule has 0 saturated carbocycles. The molecule has 0 unspecified atom stereocenters. The highest BCUT2D eigenvalue weighted by Gasteiger charge is 2.23. The van der Waals surface area contributed by atoms with Crippen molar-refractivity contribution in [1.29, 1.82) is 0 Å². The number of hydrogen-bond acceptors (Lipinski definition) is 5. The molecule has 0 saturated heterocycles. The summed E-state index contributed by atoms with van der Waals surface area (Å²) in [6, 6.07) is 67.5. The van der Waals surface area contributed by atoms with Crippen molar-refractivity contribution in [2.75, 3.05) is 0 Å². The molecule has 0 bridgehead atoms. The van der Waals surface area contributed by atoms with Gasteiger partial charge in [-0.05, 0) is 64.9 Å². The summed E-state index contributed by atoms with van der Waals surface area (Å²) in [4.78, 5) is 15.5. The SMILES string of the molecule is c1ccc(-c2nc(-c3ccc4c(c3)oc3ccccc34)nc(-c3cccc4oc5cc(-n6c7ccccc7c7cc8ccccc8cc76)c(-c6ccccc6)cc5c34)n2)cc1. The van der Waals surface area contributed by atoms with Gasteiger partial charge >= 0.3 is 0 Å². The Bertz CT molecular complexity index is 3880. The number of para-hydroxylation sites is 2. The van der Waals surface area contributed by atoms with Crippen LogP contribution < -0.4 is 0 Å². The van der Waals surface area contributed by atoms with E-state index in [1.54, 1.807) is 0 Å². The maximum Gasteiger partial charge on any atom is 0.164 e. The molecule has 0 N–H and O–H groups in total. The van der Waals surface area contributed by atoms with Gasteiger partial charge in [0.1, 0.15) is 22.3 Å². The Morgan fingerprint density at radius 1 is 0.328 bits per heavy atom. The Morgan fingerprint density at radius 2 is 0.951 bits per heavy atom. The molecule has 0 fully saturated rings. The predicted octanol–water partition coefficient (Wildman–Crippen LogP) is 14.6. The van der Waals surface area contributed by atoms with Gasteiger partial charge in [-0.15, -0.1) is 0 Å². The summed E-state index contributed by atoms with van der Waals surface area (Å²) >= 11 is 0. The molecule has 0 amide bonds. The van der Waals surface area contributed by atoms with Crippen LogP contribution in [0.4, 0.5) is 0 Å².